The van der Waals surface area contributed by atoms with E-state index in [1.165, 1.54) is 11.1 Å². The molecule has 1 aromatic carbocycles. The van der Waals surface area contributed by atoms with Crippen LogP contribution in [0.1, 0.15) is 38.0 Å². The minimum atomic E-state index is -0.0632. The molecular weight excluding hydrogens is 198 g/mol. The molecule has 1 fully saturated rings. The SMILES string of the molecule is CCc1ccc(C2CNCC(C)(C)O2)cc1. The quantitative estimate of drug-likeness (QED) is 0.825. The first-order chi connectivity index (χ1) is 7.61. The molecule has 0 aromatic heterocycles. The van der Waals surface area contributed by atoms with Gasteiger partial charge in [-0.15, -0.1) is 0 Å². The fourth-order valence-corrected chi connectivity index (χ4v) is 2.13. The molecule has 1 aliphatic heterocycles. The lowest BCUT2D eigenvalue weighted by Crippen LogP contribution is -2.46. The number of hydrogen-bond acceptors (Lipinski definition) is 2. The minimum absolute atomic E-state index is 0.0632. The molecule has 1 aromatic rings. The highest BCUT2D eigenvalue weighted by Gasteiger charge is 2.28. The molecule has 1 aliphatic rings. The first-order valence-electron chi connectivity index (χ1n) is 6.08. The molecule has 0 bridgehead atoms. The summed E-state index contributed by atoms with van der Waals surface area (Å²) >= 11 is 0. The molecule has 0 aliphatic carbocycles. The molecular formula is C14H21NO. The van der Waals surface area contributed by atoms with Gasteiger partial charge in [-0.25, -0.2) is 0 Å². The third kappa shape index (κ3) is 2.63. The molecule has 1 unspecified atom stereocenters. The Balaban J connectivity index is 2.11. The van der Waals surface area contributed by atoms with Crippen molar-refractivity contribution in [3.05, 3.63) is 35.4 Å². The van der Waals surface area contributed by atoms with Crippen LogP contribution in [0.3, 0.4) is 0 Å². The average Bonchev–Trinajstić information content (AvgIpc) is 2.28. The van der Waals surface area contributed by atoms with Crippen LogP contribution in [0, 0.1) is 0 Å². The summed E-state index contributed by atoms with van der Waals surface area (Å²) in [5.74, 6) is 0. The van der Waals surface area contributed by atoms with E-state index in [1.54, 1.807) is 0 Å². The Morgan fingerprint density at radius 3 is 2.56 bits per heavy atom. The highest BCUT2D eigenvalue weighted by molar-refractivity contribution is 5.25. The van der Waals surface area contributed by atoms with Crippen molar-refractivity contribution in [1.29, 1.82) is 0 Å². The van der Waals surface area contributed by atoms with E-state index in [-0.39, 0.29) is 11.7 Å². The summed E-state index contributed by atoms with van der Waals surface area (Å²) in [5.41, 5.74) is 2.59. The van der Waals surface area contributed by atoms with Crippen molar-refractivity contribution in [3.8, 4) is 0 Å². The molecule has 88 valence electrons. The second-order valence-electron chi connectivity index (χ2n) is 5.09. The van der Waals surface area contributed by atoms with Crippen molar-refractivity contribution in [2.24, 2.45) is 0 Å². The number of hydrogen-bond donors (Lipinski definition) is 1. The third-order valence-electron chi connectivity index (χ3n) is 3.10. The first-order valence-corrected chi connectivity index (χ1v) is 6.08. The Hall–Kier alpha value is -0.860. The largest absolute Gasteiger partial charge is 0.365 e. The molecule has 0 spiro atoms. The Labute approximate surface area is 98.0 Å². The Morgan fingerprint density at radius 2 is 2.00 bits per heavy atom. The van der Waals surface area contributed by atoms with Gasteiger partial charge in [0, 0.05) is 13.1 Å². The Bertz CT molecular complexity index is 342. The number of benzene rings is 1. The lowest BCUT2D eigenvalue weighted by atomic mass is 10.0. The summed E-state index contributed by atoms with van der Waals surface area (Å²) in [4.78, 5) is 0. The highest BCUT2D eigenvalue weighted by atomic mass is 16.5. The zero-order chi connectivity index (χ0) is 11.6. The van der Waals surface area contributed by atoms with Crippen LogP contribution in [0.25, 0.3) is 0 Å². The number of ether oxygens (including phenoxy) is 1. The molecule has 0 radical (unpaired) electrons. The zero-order valence-electron chi connectivity index (χ0n) is 10.4. The van der Waals surface area contributed by atoms with E-state index in [0.29, 0.717) is 0 Å². The predicted molar refractivity (Wildman–Crippen MR) is 66.6 cm³/mol. The second-order valence-corrected chi connectivity index (χ2v) is 5.09. The van der Waals surface area contributed by atoms with Crippen molar-refractivity contribution >= 4 is 0 Å². The van der Waals surface area contributed by atoms with Crippen LogP contribution in [0.15, 0.2) is 24.3 Å². The maximum atomic E-state index is 6.07. The standard InChI is InChI=1S/C14H21NO/c1-4-11-5-7-12(8-6-11)13-9-15-10-14(2,3)16-13/h5-8,13,15H,4,9-10H2,1-3H3. The van der Waals surface area contributed by atoms with Gasteiger partial charge in [0.2, 0.25) is 0 Å². The summed E-state index contributed by atoms with van der Waals surface area (Å²) in [6.45, 7) is 8.28. The molecule has 2 heteroatoms. The molecule has 1 N–H and O–H groups in total. The van der Waals surface area contributed by atoms with Gasteiger partial charge in [0.25, 0.3) is 0 Å². The van der Waals surface area contributed by atoms with Crippen LogP contribution in [-0.2, 0) is 11.2 Å². The monoisotopic (exact) mass is 219 g/mol. The summed E-state index contributed by atoms with van der Waals surface area (Å²) < 4.78 is 6.07. The van der Waals surface area contributed by atoms with E-state index < -0.39 is 0 Å². The fourth-order valence-electron chi connectivity index (χ4n) is 2.13. The van der Waals surface area contributed by atoms with Gasteiger partial charge in [-0.05, 0) is 31.4 Å². The Kier molecular flexibility index (Phi) is 3.31. The maximum absolute atomic E-state index is 6.07. The first kappa shape index (κ1) is 11.6. The van der Waals surface area contributed by atoms with Gasteiger partial charge in [-0.1, -0.05) is 31.2 Å². The van der Waals surface area contributed by atoms with E-state index in [0.717, 1.165) is 19.5 Å². The molecule has 1 atom stereocenters. The fraction of sp³-hybridized carbons (Fsp3) is 0.571. The summed E-state index contributed by atoms with van der Waals surface area (Å²) in [7, 11) is 0. The number of morpholine rings is 1. The van der Waals surface area contributed by atoms with Crippen molar-refractivity contribution in [2.75, 3.05) is 13.1 Å². The predicted octanol–water partition coefficient (Wildman–Crippen LogP) is 2.69. The molecule has 0 saturated carbocycles. The molecule has 16 heavy (non-hydrogen) atoms. The number of aryl methyl sites for hydroxylation is 1. The van der Waals surface area contributed by atoms with Crippen LogP contribution in [0.2, 0.25) is 0 Å². The smallest absolute Gasteiger partial charge is 0.0957 e. The van der Waals surface area contributed by atoms with Gasteiger partial charge in [-0.2, -0.15) is 0 Å². The molecule has 0 amide bonds. The number of rotatable bonds is 2. The third-order valence-corrected chi connectivity index (χ3v) is 3.10. The molecule has 1 heterocycles. The highest BCUT2D eigenvalue weighted by Crippen LogP contribution is 2.26. The second kappa shape index (κ2) is 4.56. The van der Waals surface area contributed by atoms with Gasteiger partial charge in [-0.3, -0.25) is 0 Å². The lowest BCUT2D eigenvalue weighted by molar-refractivity contribution is -0.0958. The van der Waals surface area contributed by atoms with Crippen molar-refractivity contribution in [3.63, 3.8) is 0 Å². The van der Waals surface area contributed by atoms with Crippen LogP contribution < -0.4 is 5.32 Å². The maximum Gasteiger partial charge on any atom is 0.0957 e. The molecule has 1 saturated heterocycles. The van der Waals surface area contributed by atoms with E-state index in [9.17, 15) is 0 Å². The van der Waals surface area contributed by atoms with Gasteiger partial charge in [0.15, 0.2) is 0 Å². The van der Waals surface area contributed by atoms with Gasteiger partial charge >= 0.3 is 0 Å². The van der Waals surface area contributed by atoms with E-state index in [1.807, 2.05) is 0 Å². The van der Waals surface area contributed by atoms with Crippen LogP contribution >= 0.6 is 0 Å². The summed E-state index contributed by atoms with van der Waals surface area (Å²) in [6, 6.07) is 8.76. The topological polar surface area (TPSA) is 21.3 Å². The van der Waals surface area contributed by atoms with Gasteiger partial charge in [0.05, 0.1) is 11.7 Å². The van der Waals surface area contributed by atoms with Crippen molar-refractivity contribution in [1.82, 2.24) is 5.32 Å². The Morgan fingerprint density at radius 1 is 1.31 bits per heavy atom. The van der Waals surface area contributed by atoms with E-state index in [2.05, 4.69) is 50.4 Å². The van der Waals surface area contributed by atoms with Gasteiger partial charge in [0.1, 0.15) is 0 Å². The normalized spacial score (nSPS) is 24.3. The molecule has 2 rings (SSSR count). The lowest BCUT2D eigenvalue weighted by Gasteiger charge is -2.36. The van der Waals surface area contributed by atoms with Gasteiger partial charge < -0.3 is 10.1 Å². The van der Waals surface area contributed by atoms with Crippen molar-refractivity contribution in [2.45, 2.75) is 38.9 Å². The summed E-state index contributed by atoms with van der Waals surface area (Å²) in [5, 5.41) is 3.43. The van der Waals surface area contributed by atoms with Crippen molar-refractivity contribution < 1.29 is 4.74 Å². The summed E-state index contributed by atoms with van der Waals surface area (Å²) in [6.07, 6.45) is 1.28. The number of nitrogens with one attached hydrogen (secondary N) is 1. The van der Waals surface area contributed by atoms with E-state index in [4.69, 9.17) is 4.74 Å². The van der Waals surface area contributed by atoms with Crippen LogP contribution in [-0.4, -0.2) is 18.7 Å². The van der Waals surface area contributed by atoms with E-state index >= 15 is 0 Å². The minimum Gasteiger partial charge on any atom is -0.365 e. The van der Waals surface area contributed by atoms with Crippen LogP contribution in [0.4, 0.5) is 0 Å². The zero-order valence-corrected chi connectivity index (χ0v) is 10.4. The van der Waals surface area contributed by atoms with Crippen LogP contribution in [0.5, 0.6) is 0 Å². The average molecular weight is 219 g/mol. The molecule has 2 nitrogen and oxygen atoms in total.